The Labute approximate surface area is 131 Å². The third-order valence-corrected chi connectivity index (χ3v) is 4.43. The second kappa shape index (κ2) is 5.61. The summed E-state index contributed by atoms with van der Waals surface area (Å²) in [7, 11) is 0. The van der Waals surface area contributed by atoms with E-state index in [4.69, 9.17) is 17.3 Å². The van der Waals surface area contributed by atoms with Gasteiger partial charge >= 0.3 is 0 Å². The molecular formula is C13H7Br2ClFNO. The molecule has 0 saturated heterocycles. The third-order valence-electron chi connectivity index (χ3n) is 2.51. The van der Waals surface area contributed by atoms with Crippen molar-refractivity contribution in [1.82, 2.24) is 0 Å². The molecule has 0 atom stereocenters. The number of anilines is 1. The molecule has 0 spiro atoms. The number of benzene rings is 2. The molecule has 2 N–H and O–H groups in total. The summed E-state index contributed by atoms with van der Waals surface area (Å²) in [4.78, 5) is 12.2. The highest BCUT2D eigenvalue weighted by atomic mass is 79.9. The maximum absolute atomic E-state index is 13.8. The number of rotatable bonds is 2. The lowest BCUT2D eigenvalue weighted by molar-refractivity contribution is 0.103. The first-order valence-electron chi connectivity index (χ1n) is 5.14. The van der Waals surface area contributed by atoms with Crippen molar-refractivity contribution >= 4 is 54.9 Å². The quantitative estimate of drug-likeness (QED) is 0.441. The van der Waals surface area contributed by atoms with Crippen LogP contribution in [0.3, 0.4) is 0 Å². The average Bonchev–Trinajstić information content (AvgIpc) is 2.36. The maximum Gasteiger partial charge on any atom is 0.196 e. The number of hydrogen-bond donors (Lipinski definition) is 1. The zero-order valence-electron chi connectivity index (χ0n) is 9.38. The van der Waals surface area contributed by atoms with Gasteiger partial charge in [-0.25, -0.2) is 4.39 Å². The molecule has 0 unspecified atom stereocenters. The van der Waals surface area contributed by atoms with Gasteiger partial charge in [0.15, 0.2) is 5.78 Å². The number of ketones is 1. The molecule has 0 radical (unpaired) electrons. The molecule has 0 aliphatic carbocycles. The van der Waals surface area contributed by atoms with Gasteiger partial charge in [-0.1, -0.05) is 11.6 Å². The first-order chi connectivity index (χ1) is 8.90. The molecule has 0 aliphatic heterocycles. The molecule has 98 valence electrons. The molecule has 2 nitrogen and oxygen atoms in total. The zero-order valence-corrected chi connectivity index (χ0v) is 13.3. The van der Waals surface area contributed by atoms with Crippen molar-refractivity contribution < 1.29 is 9.18 Å². The molecule has 0 aliphatic rings. The Bertz CT molecular complexity index is 676. The van der Waals surface area contributed by atoms with Crippen LogP contribution < -0.4 is 5.73 Å². The van der Waals surface area contributed by atoms with E-state index in [1.807, 2.05) is 0 Å². The summed E-state index contributed by atoms with van der Waals surface area (Å²) in [6, 6.07) is 7.15. The van der Waals surface area contributed by atoms with Crippen LogP contribution in [0.4, 0.5) is 10.1 Å². The van der Waals surface area contributed by atoms with E-state index < -0.39 is 11.6 Å². The predicted octanol–water partition coefficient (Wildman–Crippen LogP) is 4.82. The van der Waals surface area contributed by atoms with Gasteiger partial charge in [-0.15, -0.1) is 0 Å². The van der Waals surface area contributed by atoms with Crippen molar-refractivity contribution in [2.24, 2.45) is 0 Å². The SMILES string of the molecule is Nc1cc(C(=O)c2cc(Cl)c(Br)cc2F)ccc1Br. The largest absolute Gasteiger partial charge is 0.398 e. The Kier molecular flexibility index (Phi) is 4.28. The van der Waals surface area contributed by atoms with Crippen LogP contribution in [0, 0.1) is 5.82 Å². The molecular weight excluding hydrogens is 400 g/mol. The molecule has 6 heteroatoms. The predicted molar refractivity (Wildman–Crippen MR) is 81.1 cm³/mol. The number of halogens is 4. The Balaban J connectivity index is 2.49. The zero-order chi connectivity index (χ0) is 14.2. The van der Waals surface area contributed by atoms with E-state index >= 15 is 0 Å². The van der Waals surface area contributed by atoms with Crippen molar-refractivity contribution in [2.75, 3.05) is 5.73 Å². The minimum absolute atomic E-state index is 0.0880. The van der Waals surface area contributed by atoms with Crippen LogP contribution >= 0.6 is 43.5 Å². The summed E-state index contributed by atoms with van der Waals surface area (Å²) in [5.41, 5.74) is 6.33. The number of nitrogen functional groups attached to an aromatic ring is 1. The molecule has 0 fully saturated rings. The fourth-order valence-corrected chi connectivity index (χ4v) is 2.26. The van der Waals surface area contributed by atoms with Gasteiger partial charge in [-0.3, -0.25) is 4.79 Å². The van der Waals surface area contributed by atoms with Crippen LogP contribution in [0.5, 0.6) is 0 Å². The second-order valence-electron chi connectivity index (χ2n) is 3.81. The van der Waals surface area contributed by atoms with Gasteiger partial charge < -0.3 is 5.73 Å². The van der Waals surface area contributed by atoms with Crippen molar-refractivity contribution in [3.63, 3.8) is 0 Å². The van der Waals surface area contributed by atoms with Crippen molar-refractivity contribution in [2.45, 2.75) is 0 Å². The number of hydrogen-bond acceptors (Lipinski definition) is 2. The van der Waals surface area contributed by atoms with Crippen molar-refractivity contribution in [3.05, 3.63) is 61.2 Å². The maximum atomic E-state index is 13.8. The minimum atomic E-state index is -0.636. The van der Waals surface area contributed by atoms with E-state index in [1.54, 1.807) is 12.1 Å². The van der Waals surface area contributed by atoms with E-state index in [1.165, 1.54) is 12.1 Å². The molecule has 0 bridgehead atoms. The Hall–Kier alpha value is -0.910. The molecule has 2 aromatic carbocycles. The van der Waals surface area contributed by atoms with Gasteiger partial charge in [0.2, 0.25) is 0 Å². The van der Waals surface area contributed by atoms with Crippen LogP contribution in [0.15, 0.2) is 39.3 Å². The van der Waals surface area contributed by atoms with Crippen molar-refractivity contribution in [1.29, 1.82) is 0 Å². The molecule has 0 heterocycles. The third kappa shape index (κ3) is 2.99. The monoisotopic (exact) mass is 405 g/mol. The number of carbonyl (C=O) groups is 1. The molecule has 0 saturated carbocycles. The highest BCUT2D eigenvalue weighted by molar-refractivity contribution is 9.11. The first-order valence-corrected chi connectivity index (χ1v) is 7.11. The van der Waals surface area contributed by atoms with Crippen LogP contribution in [0.25, 0.3) is 0 Å². The van der Waals surface area contributed by atoms with E-state index in [0.29, 0.717) is 20.2 Å². The Morgan fingerprint density at radius 2 is 1.84 bits per heavy atom. The first kappa shape index (κ1) is 14.5. The van der Waals surface area contributed by atoms with Crippen LogP contribution in [-0.2, 0) is 0 Å². The summed E-state index contributed by atoms with van der Waals surface area (Å²) < 4.78 is 14.9. The standard InChI is InChI=1S/C13H7Br2ClFNO/c14-8-2-1-6(3-12(8)18)13(19)7-4-10(16)9(15)5-11(7)17/h1-5H,18H2. The van der Waals surface area contributed by atoms with Gasteiger partial charge in [0.25, 0.3) is 0 Å². The summed E-state index contributed by atoms with van der Waals surface area (Å²) >= 11 is 12.2. The van der Waals surface area contributed by atoms with Gasteiger partial charge in [-0.2, -0.15) is 0 Å². The van der Waals surface area contributed by atoms with E-state index in [-0.39, 0.29) is 10.6 Å². The normalized spacial score (nSPS) is 10.5. The number of nitrogens with two attached hydrogens (primary N) is 1. The summed E-state index contributed by atoms with van der Waals surface area (Å²) in [6.45, 7) is 0. The van der Waals surface area contributed by atoms with Gasteiger partial charge in [-0.05, 0) is 62.2 Å². The highest BCUT2D eigenvalue weighted by Crippen LogP contribution is 2.28. The average molecular weight is 407 g/mol. The van der Waals surface area contributed by atoms with Gasteiger partial charge in [0, 0.05) is 20.2 Å². The lowest BCUT2D eigenvalue weighted by Gasteiger charge is -2.06. The lowest BCUT2D eigenvalue weighted by Crippen LogP contribution is -2.05. The minimum Gasteiger partial charge on any atom is -0.398 e. The van der Waals surface area contributed by atoms with E-state index in [9.17, 15) is 9.18 Å². The number of carbonyl (C=O) groups excluding carboxylic acids is 1. The van der Waals surface area contributed by atoms with Crippen LogP contribution in [-0.4, -0.2) is 5.78 Å². The topological polar surface area (TPSA) is 43.1 Å². The molecule has 0 aromatic heterocycles. The van der Waals surface area contributed by atoms with Gasteiger partial charge in [0.05, 0.1) is 10.6 Å². The molecule has 2 aromatic rings. The Morgan fingerprint density at radius 1 is 1.16 bits per heavy atom. The lowest BCUT2D eigenvalue weighted by atomic mass is 10.0. The summed E-state index contributed by atoms with van der Waals surface area (Å²) in [5, 5.41) is 0.273. The Morgan fingerprint density at radius 3 is 2.47 bits per heavy atom. The smallest absolute Gasteiger partial charge is 0.196 e. The van der Waals surface area contributed by atoms with E-state index in [2.05, 4.69) is 31.9 Å². The molecule has 2 rings (SSSR count). The molecule has 19 heavy (non-hydrogen) atoms. The van der Waals surface area contributed by atoms with E-state index in [0.717, 1.165) is 6.07 Å². The highest BCUT2D eigenvalue weighted by Gasteiger charge is 2.17. The summed E-state index contributed by atoms with van der Waals surface area (Å²) in [6.07, 6.45) is 0. The summed E-state index contributed by atoms with van der Waals surface area (Å²) in [5.74, 6) is -1.10. The second-order valence-corrected chi connectivity index (χ2v) is 5.93. The fraction of sp³-hybridized carbons (Fsp3) is 0. The fourth-order valence-electron chi connectivity index (χ4n) is 1.54. The van der Waals surface area contributed by atoms with Crippen LogP contribution in [0.1, 0.15) is 15.9 Å². The van der Waals surface area contributed by atoms with Gasteiger partial charge in [0.1, 0.15) is 5.82 Å². The molecule has 0 amide bonds. The van der Waals surface area contributed by atoms with Crippen molar-refractivity contribution in [3.8, 4) is 0 Å². The van der Waals surface area contributed by atoms with Crippen LogP contribution in [0.2, 0.25) is 5.02 Å².